The van der Waals surface area contributed by atoms with Crippen LogP contribution in [0.4, 0.5) is 5.69 Å². The van der Waals surface area contributed by atoms with E-state index in [-0.39, 0.29) is 12.3 Å². The highest BCUT2D eigenvalue weighted by Crippen LogP contribution is 2.27. The molecule has 1 aromatic heterocycles. The monoisotopic (exact) mass is 299 g/mol. The normalized spacial score (nSPS) is 10.4. The smallest absolute Gasteiger partial charge is 0.270 e. The van der Waals surface area contributed by atoms with Crippen molar-refractivity contribution in [1.29, 1.82) is 0 Å². The Labute approximate surface area is 118 Å². The molecular weight excluding hydrogens is 290 g/mol. The van der Waals surface area contributed by atoms with E-state index in [0.717, 1.165) is 4.88 Å². The van der Waals surface area contributed by atoms with Gasteiger partial charge in [-0.2, -0.15) is 0 Å². The van der Waals surface area contributed by atoms with Gasteiger partial charge in [-0.15, -0.1) is 11.3 Å². The number of halogens is 1. The zero-order valence-corrected chi connectivity index (χ0v) is 11.3. The highest BCUT2D eigenvalue weighted by atomic mass is 35.5. The lowest BCUT2D eigenvalue weighted by Crippen LogP contribution is -1.98. The summed E-state index contributed by atoms with van der Waals surface area (Å²) < 4.78 is 6.20. The summed E-state index contributed by atoms with van der Waals surface area (Å²) in [6, 6.07) is 7.75. The topological polar surface area (TPSA) is 72.6 Å². The van der Waals surface area contributed by atoms with Crippen LogP contribution in [0.15, 0.2) is 30.3 Å². The van der Waals surface area contributed by atoms with Crippen LogP contribution in [0, 0.1) is 10.1 Å². The number of aliphatic hydroxyl groups is 1. The molecule has 19 heavy (non-hydrogen) atoms. The fourth-order valence-electron chi connectivity index (χ4n) is 1.52. The molecule has 0 saturated heterocycles. The molecule has 2 aromatic rings. The molecule has 0 aliphatic rings. The van der Waals surface area contributed by atoms with Crippen LogP contribution >= 0.6 is 22.9 Å². The molecule has 5 nitrogen and oxygen atoms in total. The van der Waals surface area contributed by atoms with Gasteiger partial charge in [-0.1, -0.05) is 11.6 Å². The van der Waals surface area contributed by atoms with Crippen molar-refractivity contribution >= 4 is 28.6 Å². The Morgan fingerprint density at radius 3 is 2.74 bits per heavy atom. The molecule has 0 radical (unpaired) electrons. The Kier molecular flexibility index (Phi) is 4.36. The molecule has 0 fully saturated rings. The summed E-state index contributed by atoms with van der Waals surface area (Å²) in [5, 5.41) is 19.8. The number of aliphatic hydroxyl groups excluding tert-OH is 1. The first-order valence-electron chi connectivity index (χ1n) is 5.35. The lowest BCUT2D eigenvalue weighted by molar-refractivity contribution is -0.385. The molecule has 1 heterocycles. The van der Waals surface area contributed by atoms with E-state index in [9.17, 15) is 15.2 Å². The van der Waals surface area contributed by atoms with Crippen molar-refractivity contribution in [3.63, 3.8) is 0 Å². The molecule has 2 rings (SSSR count). The fraction of sp³-hybridized carbons (Fsp3) is 0.167. The van der Waals surface area contributed by atoms with Gasteiger partial charge >= 0.3 is 0 Å². The van der Waals surface area contributed by atoms with Crippen LogP contribution in [0.1, 0.15) is 10.4 Å². The largest absolute Gasteiger partial charge is 0.488 e. The Balaban J connectivity index is 2.13. The van der Waals surface area contributed by atoms with Crippen LogP contribution in [0.3, 0.4) is 0 Å². The molecule has 1 N–H and O–H groups in total. The summed E-state index contributed by atoms with van der Waals surface area (Å²) in [6.07, 6.45) is 0. The summed E-state index contributed by atoms with van der Waals surface area (Å²) in [6.45, 7) is -0.00952. The summed E-state index contributed by atoms with van der Waals surface area (Å²) in [5.41, 5.74) is 0.312. The van der Waals surface area contributed by atoms with Gasteiger partial charge in [-0.3, -0.25) is 10.1 Å². The van der Waals surface area contributed by atoms with Gasteiger partial charge in [0.25, 0.3) is 5.69 Å². The third-order valence-electron chi connectivity index (χ3n) is 2.42. The average Bonchev–Trinajstić information content (AvgIpc) is 2.81. The minimum absolute atomic E-state index is 0.0735. The van der Waals surface area contributed by atoms with E-state index in [4.69, 9.17) is 16.3 Å². The number of nitro benzene ring substituents is 1. The molecule has 0 aliphatic carbocycles. The van der Waals surface area contributed by atoms with Gasteiger partial charge < -0.3 is 9.84 Å². The van der Waals surface area contributed by atoms with Crippen LogP contribution in [0.2, 0.25) is 4.34 Å². The van der Waals surface area contributed by atoms with Gasteiger partial charge in [0.1, 0.15) is 12.4 Å². The summed E-state index contributed by atoms with van der Waals surface area (Å²) in [5.74, 6) is 0.428. The van der Waals surface area contributed by atoms with E-state index in [2.05, 4.69) is 0 Å². The van der Waals surface area contributed by atoms with Crippen LogP contribution in [-0.2, 0) is 13.2 Å². The summed E-state index contributed by atoms with van der Waals surface area (Å²) in [7, 11) is 0. The van der Waals surface area contributed by atoms with Crippen molar-refractivity contribution in [3.05, 3.63) is 55.2 Å². The van der Waals surface area contributed by atoms with Crippen LogP contribution < -0.4 is 4.74 Å². The molecule has 100 valence electrons. The van der Waals surface area contributed by atoms with Crippen molar-refractivity contribution < 1.29 is 14.8 Å². The second-order valence-electron chi connectivity index (χ2n) is 3.70. The third-order valence-corrected chi connectivity index (χ3v) is 3.63. The maximum absolute atomic E-state index is 10.6. The first-order chi connectivity index (χ1) is 9.10. The van der Waals surface area contributed by atoms with Crippen molar-refractivity contribution in [1.82, 2.24) is 0 Å². The minimum atomic E-state index is -0.512. The van der Waals surface area contributed by atoms with Crippen LogP contribution in [0.25, 0.3) is 0 Å². The van der Waals surface area contributed by atoms with Crippen molar-refractivity contribution in [2.75, 3.05) is 0 Å². The van der Waals surface area contributed by atoms with E-state index >= 15 is 0 Å². The molecular formula is C12H10ClNO4S. The Morgan fingerprint density at radius 2 is 2.16 bits per heavy atom. The molecule has 0 amide bonds. The zero-order valence-electron chi connectivity index (χ0n) is 9.71. The fourth-order valence-corrected chi connectivity index (χ4v) is 2.52. The first-order valence-corrected chi connectivity index (χ1v) is 6.55. The lowest BCUT2D eigenvalue weighted by Gasteiger charge is -2.08. The number of nitrogens with zero attached hydrogens (tertiary/aromatic N) is 1. The van der Waals surface area contributed by atoms with E-state index in [0.29, 0.717) is 22.3 Å². The van der Waals surface area contributed by atoms with Crippen molar-refractivity contribution in [2.24, 2.45) is 0 Å². The highest BCUT2D eigenvalue weighted by molar-refractivity contribution is 7.16. The Morgan fingerprint density at radius 1 is 1.37 bits per heavy atom. The van der Waals surface area contributed by atoms with Gasteiger partial charge in [0.2, 0.25) is 0 Å². The second-order valence-corrected chi connectivity index (χ2v) is 5.50. The number of nitro groups is 1. The Hall–Kier alpha value is -1.63. The highest BCUT2D eigenvalue weighted by Gasteiger charge is 2.11. The predicted octanol–water partition coefficient (Wildman–Crippen LogP) is 3.38. The average molecular weight is 300 g/mol. The Bertz CT molecular complexity index is 599. The third kappa shape index (κ3) is 3.44. The number of hydrogen-bond donors (Lipinski definition) is 1. The number of rotatable bonds is 5. The molecule has 0 bridgehead atoms. The summed E-state index contributed by atoms with van der Waals surface area (Å²) >= 11 is 7.20. The maximum Gasteiger partial charge on any atom is 0.270 e. The van der Waals surface area contributed by atoms with Crippen molar-refractivity contribution in [3.8, 4) is 5.75 Å². The number of thiophene rings is 1. The first kappa shape index (κ1) is 13.8. The number of benzene rings is 1. The van der Waals surface area contributed by atoms with Crippen LogP contribution in [0.5, 0.6) is 5.75 Å². The van der Waals surface area contributed by atoms with E-state index in [1.165, 1.54) is 29.5 Å². The van der Waals surface area contributed by atoms with E-state index in [1.54, 1.807) is 6.07 Å². The number of hydrogen-bond acceptors (Lipinski definition) is 5. The van der Waals surface area contributed by atoms with E-state index < -0.39 is 4.92 Å². The number of non-ortho nitro benzene ring substituents is 1. The quantitative estimate of drug-likeness (QED) is 0.678. The molecule has 0 atom stereocenters. The zero-order chi connectivity index (χ0) is 13.8. The van der Waals surface area contributed by atoms with Gasteiger partial charge in [-0.05, 0) is 18.2 Å². The molecule has 0 saturated carbocycles. The van der Waals surface area contributed by atoms with Gasteiger partial charge in [-0.25, -0.2) is 0 Å². The molecule has 0 aliphatic heterocycles. The minimum Gasteiger partial charge on any atom is -0.488 e. The molecule has 1 aromatic carbocycles. The lowest BCUT2D eigenvalue weighted by atomic mass is 10.2. The second kappa shape index (κ2) is 6.01. The van der Waals surface area contributed by atoms with Gasteiger partial charge in [0.15, 0.2) is 0 Å². The predicted molar refractivity (Wildman–Crippen MR) is 72.7 cm³/mol. The van der Waals surface area contributed by atoms with Crippen molar-refractivity contribution in [2.45, 2.75) is 13.2 Å². The van der Waals surface area contributed by atoms with Gasteiger partial charge in [0, 0.05) is 22.6 Å². The standard InChI is InChI=1S/C12H10ClNO4S/c13-12-4-2-10(19-12)7-18-11-3-1-9(14(16)17)5-8(11)6-15/h1-5,15H,6-7H2. The van der Waals surface area contributed by atoms with E-state index in [1.807, 2.05) is 6.07 Å². The summed E-state index contributed by atoms with van der Waals surface area (Å²) in [4.78, 5) is 11.1. The number of ether oxygens (including phenoxy) is 1. The van der Waals surface area contributed by atoms with Crippen LogP contribution in [-0.4, -0.2) is 10.0 Å². The maximum atomic E-state index is 10.6. The SMILES string of the molecule is O=[N+]([O-])c1ccc(OCc2ccc(Cl)s2)c(CO)c1. The van der Waals surface area contributed by atoms with Gasteiger partial charge in [0.05, 0.1) is 15.9 Å². The molecule has 0 spiro atoms. The molecule has 0 unspecified atom stereocenters. The molecule has 7 heteroatoms.